The highest BCUT2D eigenvalue weighted by atomic mass is 15.2. The molecule has 0 aliphatic heterocycles. The molecule has 84 valence electrons. The average Bonchev–Trinajstić information content (AvgIpc) is 2.24. The zero-order valence-electron chi connectivity index (χ0n) is 9.61. The number of rotatable bonds is 6. The Morgan fingerprint density at radius 2 is 2.20 bits per heavy atom. The minimum Gasteiger partial charge on any atom is -0.340 e. The summed E-state index contributed by atoms with van der Waals surface area (Å²) in [7, 11) is 0. The summed E-state index contributed by atoms with van der Waals surface area (Å²) in [6.45, 7) is 6.60. The SMILES string of the molecule is CCCCN(CCN)c1nccc(C)n1. The van der Waals surface area contributed by atoms with Gasteiger partial charge in [0, 0.05) is 31.5 Å². The Kier molecular flexibility index (Phi) is 5.04. The van der Waals surface area contributed by atoms with Crippen molar-refractivity contribution in [3.63, 3.8) is 0 Å². The molecule has 0 aromatic carbocycles. The van der Waals surface area contributed by atoms with Crippen LogP contribution in [-0.4, -0.2) is 29.6 Å². The van der Waals surface area contributed by atoms with Crippen LogP contribution in [0, 0.1) is 6.92 Å². The number of nitrogens with zero attached hydrogens (tertiary/aromatic N) is 3. The van der Waals surface area contributed by atoms with Crippen LogP contribution in [0.4, 0.5) is 5.95 Å². The van der Waals surface area contributed by atoms with Gasteiger partial charge in [-0.05, 0) is 19.4 Å². The van der Waals surface area contributed by atoms with E-state index in [1.54, 1.807) is 6.20 Å². The van der Waals surface area contributed by atoms with Crippen molar-refractivity contribution in [3.8, 4) is 0 Å². The van der Waals surface area contributed by atoms with Crippen LogP contribution in [0.2, 0.25) is 0 Å². The van der Waals surface area contributed by atoms with E-state index in [-0.39, 0.29) is 0 Å². The largest absolute Gasteiger partial charge is 0.340 e. The van der Waals surface area contributed by atoms with E-state index >= 15 is 0 Å². The first kappa shape index (κ1) is 11.9. The van der Waals surface area contributed by atoms with Crippen molar-refractivity contribution >= 4 is 5.95 Å². The minimum atomic E-state index is 0.640. The van der Waals surface area contributed by atoms with E-state index in [0.717, 1.165) is 31.2 Å². The van der Waals surface area contributed by atoms with Crippen LogP contribution in [0.5, 0.6) is 0 Å². The molecule has 1 rings (SSSR count). The Morgan fingerprint density at radius 1 is 1.40 bits per heavy atom. The van der Waals surface area contributed by atoms with E-state index < -0.39 is 0 Å². The van der Waals surface area contributed by atoms with Crippen molar-refractivity contribution in [2.45, 2.75) is 26.7 Å². The van der Waals surface area contributed by atoms with Crippen LogP contribution < -0.4 is 10.6 Å². The molecule has 0 aliphatic rings. The molecule has 1 aromatic heterocycles. The van der Waals surface area contributed by atoms with E-state index in [4.69, 9.17) is 5.73 Å². The third kappa shape index (κ3) is 3.83. The maximum atomic E-state index is 5.58. The van der Waals surface area contributed by atoms with Crippen LogP contribution in [-0.2, 0) is 0 Å². The van der Waals surface area contributed by atoms with Crippen molar-refractivity contribution < 1.29 is 0 Å². The van der Waals surface area contributed by atoms with E-state index in [0.29, 0.717) is 6.54 Å². The number of aromatic nitrogens is 2. The number of unbranched alkanes of at least 4 members (excludes halogenated alkanes) is 1. The predicted octanol–water partition coefficient (Wildman–Crippen LogP) is 1.35. The molecule has 0 saturated carbocycles. The first-order valence-corrected chi connectivity index (χ1v) is 5.52. The Hall–Kier alpha value is -1.16. The molecule has 4 nitrogen and oxygen atoms in total. The molecule has 4 heteroatoms. The molecule has 0 atom stereocenters. The van der Waals surface area contributed by atoms with Gasteiger partial charge in [-0.1, -0.05) is 13.3 Å². The van der Waals surface area contributed by atoms with Crippen molar-refractivity contribution in [1.82, 2.24) is 9.97 Å². The normalized spacial score (nSPS) is 10.3. The quantitative estimate of drug-likeness (QED) is 0.766. The van der Waals surface area contributed by atoms with E-state index in [1.807, 2.05) is 13.0 Å². The van der Waals surface area contributed by atoms with Gasteiger partial charge < -0.3 is 10.6 Å². The van der Waals surface area contributed by atoms with Gasteiger partial charge in [0.25, 0.3) is 0 Å². The van der Waals surface area contributed by atoms with Crippen LogP contribution in [0.15, 0.2) is 12.3 Å². The van der Waals surface area contributed by atoms with Gasteiger partial charge in [0.15, 0.2) is 0 Å². The molecule has 0 fully saturated rings. The molecule has 0 saturated heterocycles. The Labute approximate surface area is 91.5 Å². The van der Waals surface area contributed by atoms with Crippen LogP contribution in [0.1, 0.15) is 25.5 Å². The topological polar surface area (TPSA) is 55.0 Å². The summed E-state index contributed by atoms with van der Waals surface area (Å²) in [4.78, 5) is 10.8. The molecule has 2 N–H and O–H groups in total. The van der Waals surface area contributed by atoms with Gasteiger partial charge in [0.2, 0.25) is 5.95 Å². The molecule has 0 amide bonds. The number of anilines is 1. The molecule has 0 spiro atoms. The van der Waals surface area contributed by atoms with E-state index in [9.17, 15) is 0 Å². The molecule has 0 radical (unpaired) electrons. The van der Waals surface area contributed by atoms with Gasteiger partial charge in [0.1, 0.15) is 0 Å². The number of nitrogens with two attached hydrogens (primary N) is 1. The van der Waals surface area contributed by atoms with Crippen molar-refractivity contribution in [2.24, 2.45) is 5.73 Å². The minimum absolute atomic E-state index is 0.640. The second kappa shape index (κ2) is 6.35. The summed E-state index contributed by atoms with van der Waals surface area (Å²) < 4.78 is 0. The van der Waals surface area contributed by atoms with Gasteiger partial charge in [-0.3, -0.25) is 0 Å². The summed E-state index contributed by atoms with van der Waals surface area (Å²) >= 11 is 0. The number of aryl methyl sites for hydroxylation is 1. The standard InChI is InChI=1S/C11H20N4/c1-3-4-8-15(9-6-12)11-13-7-5-10(2)14-11/h5,7H,3-4,6,8-9,12H2,1-2H3. The number of hydrogen-bond donors (Lipinski definition) is 1. The molecule has 0 aliphatic carbocycles. The first-order valence-electron chi connectivity index (χ1n) is 5.52. The summed E-state index contributed by atoms with van der Waals surface area (Å²) in [5.74, 6) is 0.800. The molecule has 0 bridgehead atoms. The highest BCUT2D eigenvalue weighted by Crippen LogP contribution is 2.07. The second-order valence-corrected chi connectivity index (χ2v) is 3.63. The molecule has 1 aromatic rings. The van der Waals surface area contributed by atoms with Gasteiger partial charge in [-0.2, -0.15) is 0 Å². The fourth-order valence-corrected chi connectivity index (χ4v) is 1.40. The molecule has 0 unspecified atom stereocenters. The van der Waals surface area contributed by atoms with E-state index in [2.05, 4.69) is 21.8 Å². The highest BCUT2D eigenvalue weighted by Gasteiger charge is 2.07. The summed E-state index contributed by atoms with van der Waals surface area (Å²) in [5.41, 5.74) is 6.58. The maximum absolute atomic E-state index is 5.58. The highest BCUT2D eigenvalue weighted by molar-refractivity contribution is 5.29. The van der Waals surface area contributed by atoms with Crippen molar-refractivity contribution in [3.05, 3.63) is 18.0 Å². The fraction of sp³-hybridized carbons (Fsp3) is 0.636. The predicted molar refractivity (Wildman–Crippen MR) is 62.9 cm³/mol. The van der Waals surface area contributed by atoms with Crippen molar-refractivity contribution in [2.75, 3.05) is 24.5 Å². The number of hydrogen-bond acceptors (Lipinski definition) is 4. The molecular weight excluding hydrogens is 188 g/mol. The lowest BCUT2D eigenvalue weighted by molar-refractivity contribution is 0.696. The lowest BCUT2D eigenvalue weighted by atomic mass is 10.3. The lowest BCUT2D eigenvalue weighted by Gasteiger charge is -2.21. The van der Waals surface area contributed by atoms with Crippen LogP contribution >= 0.6 is 0 Å². The molecule has 15 heavy (non-hydrogen) atoms. The zero-order chi connectivity index (χ0) is 11.1. The molecule has 1 heterocycles. The average molecular weight is 208 g/mol. The first-order chi connectivity index (χ1) is 7.27. The maximum Gasteiger partial charge on any atom is 0.225 e. The fourth-order valence-electron chi connectivity index (χ4n) is 1.40. The van der Waals surface area contributed by atoms with Crippen molar-refractivity contribution in [1.29, 1.82) is 0 Å². The summed E-state index contributed by atoms with van der Waals surface area (Å²) in [6, 6.07) is 1.91. The van der Waals surface area contributed by atoms with Gasteiger partial charge in [-0.25, -0.2) is 9.97 Å². The summed E-state index contributed by atoms with van der Waals surface area (Å²) in [5, 5.41) is 0. The Morgan fingerprint density at radius 3 is 2.80 bits per heavy atom. The Balaban J connectivity index is 2.69. The van der Waals surface area contributed by atoms with Crippen LogP contribution in [0.3, 0.4) is 0 Å². The zero-order valence-corrected chi connectivity index (χ0v) is 9.61. The smallest absolute Gasteiger partial charge is 0.225 e. The van der Waals surface area contributed by atoms with Gasteiger partial charge in [0.05, 0.1) is 0 Å². The third-order valence-corrected chi connectivity index (χ3v) is 2.25. The molecular formula is C11H20N4. The van der Waals surface area contributed by atoms with E-state index in [1.165, 1.54) is 6.42 Å². The third-order valence-electron chi connectivity index (χ3n) is 2.25. The monoisotopic (exact) mass is 208 g/mol. The lowest BCUT2D eigenvalue weighted by Crippen LogP contribution is -2.31. The van der Waals surface area contributed by atoms with Gasteiger partial charge in [-0.15, -0.1) is 0 Å². The van der Waals surface area contributed by atoms with Gasteiger partial charge >= 0.3 is 0 Å². The Bertz CT molecular complexity index is 288. The summed E-state index contributed by atoms with van der Waals surface area (Å²) in [6.07, 6.45) is 4.12. The van der Waals surface area contributed by atoms with Crippen LogP contribution in [0.25, 0.3) is 0 Å². The second-order valence-electron chi connectivity index (χ2n) is 3.63.